The zero-order valence-corrected chi connectivity index (χ0v) is 16.3. The van der Waals surface area contributed by atoms with Crippen LogP contribution in [0.2, 0.25) is 0 Å². The van der Waals surface area contributed by atoms with Gasteiger partial charge in [0.15, 0.2) is 5.96 Å². The minimum Gasteiger partial charge on any atom is -0.492 e. The van der Waals surface area contributed by atoms with E-state index in [1.165, 1.54) is 11.1 Å². The van der Waals surface area contributed by atoms with Crippen molar-refractivity contribution < 1.29 is 4.74 Å². The summed E-state index contributed by atoms with van der Waals surface area (Å²) in [5.41, 5.74) is 2.56. The number of nitrogens with one attached hydrogen (secondary N) is 1. The number of hydrogen-bond acceptors (Lipinski definition) is 3. The summed E-state index contributed by atoms with van der Waals surface area (Å²) < 4.78 is 5.76. The van der Waals surface area contributed by atoms with E-state index >= 15 is 0 Å². The van der Waals surface area contributed by atoms with Gasteiger partial charge in [-0.1, -0.05) is 42.5 Å². The van der Waals surface area contributed by atoms with E-state index in [0.717, 1.165) is 31.3 Å². The second kappa shape index (κ2) is 10.5. The summed E-state index contributed by atoms with van der Waals surface area (Å²) in [5, 5.41) is 3.42. The minimum atomic E-state index is 0.611. The van der Waals surface area contributed by atoms with Gasteiger partial charge in [0.1, 0.15) is 12.4 Å². The van der Waals surface area contributed by atoms with E-state index in [-0.39, 0.29) is 0 Å². The van der Waals surface area contributed by atoms with E-state index in [4.69, 9.17) is 4.74 Å². The monoisotopic (exact) mass is 354 g/mol. The molecule has 2 aromatic rings. The number of likely N-dealkylation sites (N-methyl/N-ethyl adjacent to an activating group) is 1. The molecule has 140 valence electrons. The summed E-state index contributed by atoms with van der Waals surface area (Å²) >= 11 is 0. The van der Waals surface area contributed by atoms with Crippen molar-refractivity contribution in [2.75, 3.05) is 41.3 Å². The largest absolute Gasteiger partial charge is 0.492 e. The van der Waals surface area contributed by atoms with E-state index in [1.54, 1.807) is 7.05 Å². The predicted molar refractivity (Wildman–Crippen MR) is 109 cm³/mol. The predicted octanol–water partition coefficient (Wildman–Crippen LogP) is 2.83. The zero-order valence-electron chi connectivity index (χ0n) is 16.3. The Bertz CT molecular complexity index is 685. The number of para-hydroxylation sites is 1. The standard InChI is InChI=1S/C21H30N4O/c1-22-21(25(4)13-14-26-20-11-6-5-7-12-20)23-16-18-9-8-10-19(15-18)17-24(2)3/h5-12,15H,13-14,16-17H2,1-4H3,(H,22,23). The molecule has 0 bridgehead atoms. The lowest BCUT2D eigenvalue weighted by Crippen LogP contribution is -2.40. The summed E-state index contributed by atoms with van der Waals surface area (Å²) in [6.45, 7) is 3.06. The van der Waals surface area contributed by atoms with Crippen LogP contribution in [-0.4, -0.2) is 57.1 Å². The third-order valence-corrected chi connectivity index (χ3v) is 3.95. The molecule has 0 saturated heterocycles. The minimum absolute atomic E-state index is 0.611. The van der Waals surface area contributed by atoms with Crippen LogP contribution < -0.4 is 10.1 Å². The number of rotatable bonds is 8. The molecule has 0 aliphatic heterocycles. The molecule has 0 aliphatic carbocycles. The van der Waals surface area contributed by atoms with Crippen LogP contribution >= 0.6 is 0 Å². The molecular formula is C21H30N4O. The fourth-order valence-corrected chi connectivity index (χ4v) is 2.69. The van der Waals surface area contributed by atoms with Gasteiger partial charge in [-0.25, -0.2) is 0 Å². The Morgan fingerprint density at radius 1 is 1.00 bits per heavy atom. The van der Waals surface area contributed by atoms with Gasteiger partial charge >= 0.3 is 0 Å². The SMILES string of the molecule is CN=C(NCc1cccc(CN(C)C)c1)N(C)CCOc1ccccc1. The van der Waals surface area contributed by atoms with E-state index in [2.05, 4.69) is 58.5 Å². The molecule has 0 unspecified atom stereocenters. The fourth-order valence-electron chi connectivity index (χ4n) is 2.69. The van der Waals surface area contributed by atoms with Crippen molar-refractivity contribution in [3.8, 4) is 5.75 Å². The number of aliphatic imine (C=N–C) groups is 1. The van der Waals surface area contributed by atoms with Crippen LogP contribution in [0.4, 0.5) is 0 Å². The Morgan fingerprint density at radius 2 is 1.73 bits per heavy atom. The van der Waals surface area contributed by atoms with Crippen molar-refractivity contribution in [3.05, 3.63) is 65.7 Å². The summed E-state index contributed by atoms with van der Waals surface area (Å²) in [4.78, 5) is 8.62. The molecule has 0 atom stereocenters. The van der Waals surface area contributed by atoms with Crippen LogP contribution in [0.25, 0.3) is 0 Å². The van der Waals surface area contributed by atoms with Gasteiger partial charge < -0.3 is 19.9 Å². The van der Waals surface area contributed by atoms with Crippen LogP contribution in [0.3, 0.4) is 0 Å². The number of benzene rings is 2. The Kier molecular flexibility index (Phi) is 7.96. The lowest BCUT2D eigenvalue weighted by Gasteiger charge is -2.22. The molecule has 2 rings (SSSR count). The molecule has 5 nitrogen and oxygen atoms in total. The van der Waals surface area contributed by atoms with Crippen molar-refractivity contribution in [2.45, 2.75) is 13.1 Å². The molecular weight excluding hydrogens is 324 g/mol. The molecule has 0 spiro atoms. The number of ether oxygens (including phenoxy) is 1. The second-order valence-electron chi connectivity index (χ2n) is 6.54. The molecule has 0 aromatic heterocycles. The van der Waals surface area contributed by atoms with E-state index in [1.807, 2.05) is 37.4 Å². The lowest BCUT2D eigenvalue weighted by atomic mass is 10.1. The number of nitrogens with zero attached hydrogens (tertiary/aromatic N) is 3. The third-order valence-electron chi connectivity index (χ3n) is 3.95. The maximum Gasteiger partial charge on any atom is 0.193 e. The summed E-state index contributed by atoms with van der Waals surface area (Å²) in [7, 11) is 7.99. The highest BCUT2D eigenvalue weighted by Gasteiger charge is 2.06. The fraction of sp³-hybridized carbons (Fsp3) is 0.381. The van der Waals surface area contributed by atoms with Crippen molar-refractivity contribution in [3.63, 3.8) is 0 Å². The van der Waals surface area contributed by atoms with E-state index in [0.29, 0.717) is 6.61 Å². The molecule has 0 aliphatic rings. The summed E-state index contributed by atoms with van der Waals surface area (Å²) in [6, 6.07) is 18.5. The first kappa shape index (κ1) is 19.8. The maximum atomic E-state index is 5.76. The first-order valence-corrected chi connectivity index (χ1v) is 8.90. The van der Waals surface area contributed by atoms with Gasteiger partial charge in [-0.15, -0.1) is 0 Å². The van der Waals surface area contributed by atoms with Crippen LogP contribution in [0.1, 0.15) is 11.1 Å². The van der Waals surface area contributed by atoms with Gasteiger partial charge in [0.2, 0.25) is 0 Å². The van der Waals surface area contributed by atoms with Crippen molar-refractivity contribution >= 4 is 5.96 Å². The number of hydrogen-bond donors (Lipinski definition) is 1. The Balaban J connectivity index is 1.81. The van der Waals surface area contributed by atoms with Gasteiger partial charge in [0.05, 0.1) is 6.54 Å². The molecule has 5 heteroatoms. The highest BCUT2D eigenvalue weighted by molar-refractivity contribution is 5.79. The van der Waals surface area contributed by atoms with Crippen molar-refractivity contribution in [1.29, 1.82) is 0 Å². The Labute approximate surface area is 157 Å². The Hall–Kier alpha value is -2.53. The summed E-state index contributed by atoms with van der Waals surface area (Å²) in [6.07, 6.45) is 0. The normalized spacial score (nSPS) is 11.5. The molecule has 0 radical (unpaired) electrons. The Morgan fingerprint density at radius 3 is 2.42 bits per heavy atom. The van der Waals surface area contributed by atoms with E-state index < -0.39 is 0 Å². The van der Waals surface area contributed by atoms with Gasteiger partial charge in [-0.2, -0.15) is 0 Å². The van der Waals surface area contributed by atoms with Crippen LogP contribution in [0, 0.1) is 0 Å². The van der Waals surface area contributed by atoms with Crippen LogP contribution in [-0.2, 0) is 13.1 Å². The lowest BCUT2D eigenvalue weighted by molar-refractivity contribution is 0.281. The molecule has 0 heterocycles. The average Bonchev–Trinajstić information content (AvgIpc) is 2.63. The highest BCUT2D eigenvalue weighted by Crippen LogP contribution is 2.08. The summed E-state index contributed by atoms with van der Waals surface area (Å²) in [5.74, 6) is 1.75. The molecule has 0 amide bonds. The third kappa shape index (κ3) is 6.76. The highest BCUT2D eigenvalue weighted by atomic mass is 16.5. The van der Waals surface area contributed by atoms with Gasteiger partial charge in [0.25, 0.3) is 0 Å². The smallest absolute Gasteiger partial charge is 0.193 e. The topological polar surface area (TPSA) is 40.1 Å². The van der Waals surface area contributed by atoms with E-state index in [9.17, 15) is 0 Å². The molecule has 0 saturated carbocycles. The number of guanidine groups is 1. The van der Waals surface area contributed by atoms with Crippen LogP contribution in [0.5, 0.6) is 5.75 Å². The molecule has 26 heavy (non-hydrogen) atoms. The first-order valence-electron chi connectivity index (χ1n) is 8.90. The molecule has 2 aromatic carbocycles. The van der Waals surface area contributed by atoms with Crippen LogP contribution in [0.15, 0.2) is 59.6 Å². The van der Waals surface area contributed by atoms with Gasteiger partial charge in [0, 0.05) is 27.2 Å². The average molecular weight is 354 g/mol. The van der Waals surface area contributed by atoms with Crippen molar-refractivity contribution in [1.82, 2.24) is 15.1 Å². The maximum absolute atomic E-state index is 5.76. The van der Waals surface area contributed by atoms with Crippen molar-refractivity contribution in [2.24, 2.45) is 4.99 Å². The zero-order chi connectivity index (χ0) is 18.8. The first-order chi connectivity index (χ1) is 12.6. The molecule has 0 fully saturated rings. The second-order valence-corrected chi connectivity index (χ2v) is 6.54. The van der Waals surface area contributed by atoms with Gasteiger partial charge in [-0.3, -0.25) is 4.99 Å². The quantitative estimate of drug-likeness (QED) is 0.585. The van der Waals surface area contributed by atoms with Gasteiger partial charge in [-0.05, 0) is 37.4 Å². The molecule has 1 N–H and O–H groups in total.